The summed E-state index contributed by atoms with van der Waals surface area (Å²) in [7, 11) is 1.59. The Morgan fingerprint density at radius 3 is 2.69 bits per heavy atom. The second kappa shape index (κ2) is 9.00. The minimum atomic E-state index is 0.421. The van der Waals surface area contributed by atoms with E-state index in [1.807, 2.05) is 13.0 Å². The third-order valence-corrected chi connectivity index (χ3v) is 1.24. The molecule has 13 heavy (non-hydrogen) atoms. The predicted octanol–water partition coefficient (Wildman–Crippen LogP) is 2.59. The second-order valence-electron chi connectivity index (χ2n) is 2.23. The first-order chi connectivity index (χ1) is 6.35. The Labute approximate surface area is 78.3 Å². The molecule has 0 spiro atoms. The fourth-order valence-electron chi connectivity index (χ4n) is 0.648. The predicted molar refractivity (Wildman–Crippen MR) is 51.0 cm³/mol. The zero-order valence-electron chi connectivity index (χ0n) is 8.00. The highest BCUT2D eigenvalue weighted by Gasteiger charge is 1.90. The summed E-state index contributed by atoms with van der Waals surface area (Å²) in [4.78, 5) is 0. The lowest BCUT2D eigenvalue weighted by atomic mass is 10.4. The number of hydrogen-bond donors (Lipinski definition) is 0. The lowest BCUT2D eigenvalue weighted by Gasteiger charge is -2.04. The number of hydrogen-bond acceptors (Lipinski definition) is 2. The molecule has 2 nitrogen and oxygen atoms in total. The first-order valence-corrected chi connectivity index (χ1v) is 4.06. The van der Waals surface area contributed by atoms with E-state index in [1.165, 1.54) is 6.08 Å². The first kappa shape index (κ1) is 11.9. The molecule has 0 atom stereocenters. The Balaban J connectivity index is 3.94. The van der Waals surface area contributed by atoms with Crippen LogP contribution in [0.4, 0.5) is 4.39 Å². The molecule has 0 aliphatic rings. The van der Waals surface area contributed by atoms with Crippen molar-refractivity contribution in [2.45, 2.75) is 6.92 Å². The summed E-state index contributed by atoms with van der Waals surface area (Å²) in [6.07, 6.45) is 7.01. The molecule has 0 aromatic rings. The van der Waals surface area contributed by atoms with Crippen LogP contribution in [0.25, 0.3) is 0 Å². The van der Waals surface area contributed by atoms with Gasteiger partial charge in [0.25, 0.3) is 0 Å². The molecule has 0 saturated carbocycles. The molecular formula is C10H15FO2. The van der Waals surface area contributed by atoms with Crippen LogP contribution in [-0.2, 0) is 9.47 Å². The van der Waals surface area contributed by atoms with Crippen LogP contribution in [-0.4, -0.2) is 20.3 Å². The molecule has 3 heteroatoms. The Morgan fingerprint density at radius 1 is 1.38 bits per heavy atom. The highest BCUT2D eigenvalue weighted by Crippen LogP contribution is 2.00. The Kier molecular flexibility index (Phi) is 8.25. The van der Waals surface area contributed by atoms with Crippen molar-refractivity contribution >= 4 is 0 Å². The zero-order chi connectivity index (χ0) is 9.94. The van der Waals surface area contributed by atoms with Crippen molar-refractivity contribution in [3.05, 3.63) is 36.4 Å². The van der Waals surface area contributed by atoms with Gasteiger partial charge in [-0.15, -0.1) is 0 Å². The molecule has 0 heterocycles. The van der Waals surface area contributed by atoms with Gasteiger partial charge in [-0.25, -0.2) is 4.39 Å². The van der Waals surface area contributed by atoms with Gasteiger partial charge >= 0.3 is 0 Å². The molecule has 74 valence electrons. The Bertz CT molecular complexity index is 195. The summed E-state index contributed by atoms with van der Waals surface area (Å²) >= 11 is 0. The second-order valence-corrected chi connectivity index (χ2v) is 2.23. The maximum Gasteiger partial charge on any atom is 0.121 e. The van der Waals surface area contributed by atoms with Crippen molar-refractivity contribution in [3.63, 3.8) is 0 Å². The monoisotopic (exact) mass is 186 g/mol. The van der Waals surface area contributed by atoms with Gasteiger partial charge < -0.3 is 9.47 Å². The smallest absolute Gasteiger partial charge is 0.121 e. The third kappa shape index (κ3) is 7.28. The fourth-order valence-corrected chi connectivity index (χ4v) is 0.648. The zero-order valence-corrected chi connectivity index (χ0v) is 8.00. The largest absolute Gasteiger partial charge is 0.491 e. The molecule has 0 aromatic heterocycles. The molecule has 0 bridgehead atoms. The van der Waals surface area contributed by atoms with Gasteiger partial charge in [0.1, 0.15) is 12.4 Å². The number of ether oxygens (including phenoxy) is 2. The third-order valence-electron chi connectivity index (χ3n) is 1.24. The first-order valence-electron chi connectivity index (χ1n) is 4.06. The normalized spacial score (nSPS) is 13.0. The molecule has 0 fully saturated rings. The summed E-state index contributed by atoms with van der Waals surface area (Å²) in [6.45, 7) is 2.79. The average molecular weight is 186 g/mol. The summed E-state index contributed by atoms with van der Waals surface area (Å²) in [6, 6.07) is 0. The minimum Gasteiger partial charge on any atom is -0.491 e. The summed E-state index contributed by atoms with van der Waals surface area (Å²) < 4.78 is 21.8. The van der Waals surface area contributed by atoms with Crippen molar-refractivity contribution in [2.75, 3.05) is 20.3 Å². The Hall–Kier alpha value is -1.09. The van der Waals surface area contributed by atoms with E-state index in [1.54, 1.807) is 19.3 Å². The molecule has 0 radical (unpaired) electrons. The number of halogens is 1. The van der Waals surface area contributed by atoms with Crippen LogP contribution in [0.3, 0.4) is 0 Å². The van der Waals surface area contributed by atoms with Gasteiger partial charge in [0.2, 0.25) is 0 Å². The highest BCUT2D eigenvalue weighted by molar-refractivity contribution is 5.16. The lowest BCUT2D eigenvalue weighted by Crippen LogP contribution is -2.00. The van der Waals surface area contributed by atoms with E-state index in [4.69, 9.17) is 9.47 Å². The SMILES string of the molecule is C/C=C/C=C(\C=C/F)OCCOC. The van der Waals surface area contributed by atoms with Crippen molar-refractivity contribution in [3.8, 4) is 0 Å². The molecule has 0 N–H and O–H groups in total. The van der Waals surface area contributed by atoms with Crippen LogP contribution in [0.15, 0.2) is 36.4 Å². The standard InChI is InChI=1S/C10H15FO2/c1-3-4-5-10(6-7-11)13-9-8-12-2/h3-7H,8-9H2,1-2H3/b4-3+,7-6-,10-5+. The summed E-state index contributed by atoms with van der Waals surface area (Å²) in [5.74, 6) is 0.484. The van der Waals surface area contributed by atoms with E-state index in [2.05, 4.69) is 0 Å². The fraction of sp³-hybridized carbons (Fsp3) is 0.400. The van der Waals surface area contributed by atoms with Gasteiger partial charge in [0.05, 0.1) is 12.9 Å². The number of rotatable bonds is 6. The van der Waals surface area contributed by atoms with Gasteiger partial charge in [-0.1, -0.05) is 12.2 Å². The van der Waals surface area contributed by atoms with E-state index in [0.717, 1.165) is 0 Å². The van der Waals surface area contributed by atoms with Gasteiger partial charge in [0.15, 0.2) is 0 Å². The Morgan fingerprint density at radius 2 is 2.15 bits per heavy atom. The molecule has 0 saturated heterocycles. The van der Waals surface area contributed by atoms with E-state index >= 15 is 0 Å². The van der Waals surface area contributed by atoms with Crippen LogP contribution in [0.2, 0.25) is 0 Å². The van der Waals surface area contributed by atoms with Crippen LogP contribution in [0.5, 0.6) is 0 Å². The summed E-state index contributed by atoms with van der Waals surface area (Å²) in [5.41, 5.74) is 0. The summed E-state index contributed by atoms with van der Waals surface area (Å²) in [5, 5.41) is 0. The van der Waals surface area contributed by atoms with E-state index in [0.29, 0.717) is 25.3 Å². The number of methoxy groups -OCH3 is 1. The van der Waals surface area contributed by atoms with Crippen LogP contribution in [0, 0.1) is 0 Å². The van der Waals surface area contributed by atoms with Crippen molar-refractivity contribution < 1.29 is 13.9 Å². The van der Waals surface area contributed by atoms with Crippen molar-refractivity contribution in [2.24, 2.45) is 0 Å². The van der Waals surface area contributed by atoms with Gasteiger partial charge in [-0.3, -0.25) is 0 Å². The van der Waals surface area contributed by atoms with Crippen molar-refractivity contribution in [1.29, 1.82) is 0 Å². The molecule has 0 aromatic carbocycles. The van der Waals surface area contributed by atoms with Gasteiger partial charge in [0, 0.05) is 13.2 Å². The van der Waals surface area contributed by atoms with E-state index in [9.17, 15) is 4.39 Å². The van der Waals surface area contributed by atoms with Crippen LogP contribution >= 0.6 is 0 Å². The van der Waals surface area contributed by atoms with Crippen molar-refractivity contribution in [1.82, 2.24) is 0 Å². The maximum atomic E-state index is 11.8. The molecular weight excluding hydrogens is 171 g/mol. The van der Waals surface area contributed by atoms with Gasteiger partial charge in [-0.2, -0.15) is 0 Å². The molecule has 0 amide bonds. The topological polar surface area (TPSA) is 18.5 Å². The van der Waals surface area contributed by atoms with E-state index in [-0.39, 0.29) is 0 Å². The average Bonchev–Trinajstić information content (AvgIpc) is 2.14. The van der Waals surface area contributed by atoms with Crippen LogP contribution in [0.1, 0.15) is 6.92 Å². The molecule has 0 aliphatic heterocycles. The highest BCUT2D eigenvalue weighted by atomic mass is 19.1. The van der Waals surface area contributed by atoms with E-state index < -0.39 is 0 Å². The van der Waals surface area contributed by atoms with Crippen LogP contribution < -0.4 is 0 Å². The lowest BCUT2D eigenvalue weighted by molar-refractivity contribution is 0.114. The minimum absolute atomic E-state index is 0.421. The van der Waals surface area contributed by atoms with Gasteiger partial charge in [-0.05, 0) is 13.0 Å². The maximum absolute atomic E-state index is 11.8. The molecule has 0 rings (SSSR count). The quantitative estimate of drug-likeness (QED) is 0.360. The molecule has 0 aliphatic carbocycles. The number of allylic oxidation sites excluding steroid dienone is 4. The molecule has 0 unspecified atom stereocenters.